The van der Waals surface area contributed by atoms with Gasteiger partial charge in [-0.3, -0.25) is 9.59 Å². The molecule has 1 fully saturated rings. The normalized spacial score (nSPS) is 16.9. The highest BCUT2D eigenvalue weighted by molar-refractivity contribution is 8.01. The van der Waals surface area contributed by atoms with Gasteiger partial charge in [0.25, 0.3) is 0 Å². The molecule has 1 heterocycles. The summed E-state index contributed by atoms with van der Waals surface area (Å²) in [5, 5.41) is 8.98. The highest BCUT2D eigenvalue weighted by Gasteiger charge is 2.48. The van der Waals surface area contributed by atoms with Crippen LogP contribution in [0.4, 0.5) is 4.79 Å². The van der Waals surface area contributed by atoms with E-state index in [4.69, 9.17) is 9.84 Å². The zero-order valence-electron chi connectivity index (χ0n) is 12.7. The fraction of sp³-hybridized carbons (Fsp3) is 0.769. The Bertz CT molecular complexity index is 425. The molecule has 21 heavy (non-hydrogen) atoms. The molecule has 1 N–H and O–H groups in total. The van der Waals surface area contributed by atoms with Crippen LogP contribution in [-0.2, 0) is 19.1 Å². The van der Waals surface area contributed by atoms with Gasteiger partial charge in [-0.05, 0) is 20.8 Å². The Hall–Kier alpha value is -1.44. The Morgan fingerprint density at radius 2 is 1.86 bits per heavy atom. The summed E-state index contributed by atoms with van der Waals surface area (Å²) in [7, 11) is 1.28. The van der Waals surface area contributed by atoms with Gasteiger partial charge in [-0.2, -0.15) is 0 Å². The Morgan fingerprint density at radius 3 is 2.29 bits per heavy atom. The number of aliphatic carboxylic acids is 1. The maximum Gasteiger partial charge on any atom is 0.410 e. The van der Waals surface area contributed by atoms with Crippen LogP contribution in [0.25, 0.3) is 0 Å². The number of thioether (sulfide) groups is 1. The van der Waals surface area contributed by atoms with E-state index >= 15 is 0 Å². The molecule has 1 amide bonds. The van der Waals surface area contributed by atoms with E-state index < -0.39 is 28.4 Å². The molecule has 0 aliphatic carbocycles. The van der Waals surface area contributed by atoms with Crippen molar-refractivity contribution >= 4 is 29.8 Å². The molecule has 0 saturated carbocycles. The van der Waals surface area contributed by atoms with Crippen molar-refractivity contribution in [2.45, 2.75) is 37.5 Å². The molecule has 0 spiro atoms. The molecule has 0 unspecified atom stereocenters. The van der Waals surface area contributed by atoms with E-state index in [-0.39, 0.29) is 25.3 Å². The van der Waals surface area contributed by atoms with Crippen LogP contribution in [0.5, 0.6) is 0 Å². The van der Waals surface area contributed by atoms with E-state index in [1.54, 1.807) is 20.8 Å². The number of nitrogens with zero attached hydrogens (tertiary/aromatic N) is 1. The van der Waals surface area contributed by atoms with Crippen LogP contribution in [0.15, 0.2) is 0 Å². The highest BCUT2D eigenvalue weighted by atomic mass is 32.2. The van der Waals surface area contributed by atoms with Crippen LogP contribution in [-0.4, -0.2) is 64.3 Å². The van der Waals surface area contributed by atoms with Crippen LogP contribution in [0.3, 0.4) is 0 Å². The van der Waals surface area contributed by atoms with Crippen LogP contribution >= 0.6 is 11.8 Å². The molecule has 8 heteroatoms. The predicted molar refractivity (Wildman–Crippen MR) is 77.3 cm³/mol. The highest BCUT2D eigenvalue weighted by Crippen LogP contribution is 2.39. The van der Waals surface area contributed by atoms with Gasteiger partial charge in [0, 0.05) is 13.1 Å². The third-order valence-electron chi connectivity index (χ3n) is 2.81. The predicted octanol–water partition coefficient (Wildman–Crippen LogP) is 1.36. The quantitative estimate of drug-likeness (QED) is 0.765. The van der Waals surface area contributed by atoms with Crippen molar-refractivity contribution < 1.29 is 29.0 Å². The molecule has 0 aromatic carbocycles. The number of methoxy groups -OCH3 is 1. The van der Waals surface area contributed by atoms with E-state index in [0.29, 0.717) is 0 Å². The summed E-state index contributed by atoms with van der Waals surface area (Å²) >= 11 is 1.21. The lowest BCUT2D eigenvalue weighted by atomic mass is 9.95. The number of likely N-dealkylation sites (tertiary alicyclic amines) is 1. The minimum Gasteiger partial charge on any atom is -0.481 e. The number of carbonyl (C=O) groups excluding carboxylic acids is 2. The summed E-state index contributed by atoms with van der Waals surface area (Å²) < 4.78 is 9.12. The standard InChI is InChI=1S/C13H21NO6S/c1-12(2,3)20-11(18)14-7-13(8-14,5-9(15)16)21-6-10(17)19-4/h5-8H2,1-4H3,(H,15,16). The van der Waals surface area contributed by atoms with Crippen molar-refractivity contribution in [1.29, 1.82) is 0 Å². The minimum atomic E-state index is -0.962. The Balaban J connectivity index is 2.59. The molecule has 1 saturated heterocycles. The lowest BCUT2D eigenvalue weighted by Crippen LogP contribution is -2.63. The first-order chi connectivity index (χ1) is 9.57. The lowest BCUT2D eigenvalue weighted by Gasteiger charge is -2.48. The monoisotopic (exact) mass is 319 g/mol. The van der Waals surface area contributed by atoms with E-state index in [1.165, 1.54) is 23.8 Å². The largest absolute Gasteiger partial charge is 0.481 e. The molecule has 1 aliphatic heterocycles. The zero-order chi connectivity index (χ0) is 16.3. The van der Waals surface area contributed by atoms with Crippen LogP contribution in [0.1, 0.15) is 27.2 Å². The van der Waals surface area contributed by atoms with Gasteiger partial charge in [0.05, 0.1) is 24.0 Å². The third kappa shape index (κ3) is 5.45. The van der Waals surface area contributed by atoms with Gasteiger partial charge in [0.15, 0.2) is 0 Å². The number of hydrogen-bond donors (Lipinski definition) is 1. The van der Waals surface area contributed by atoms with Gasteiger partial charge < -0.3 is 19.5 Å². The van der Waals surface area contributed by atoms with E-state index in [0.717, 1.165) is 0 Å². The number of hydrogen-bond acceptors (Lipinski definition) is 6. The molecule has 0 aromatic heterocycles. The summed E-state index contributed by atoms with van der Waals surface area (Å²) in [6, 6.07) is 0. The Morgan fingerprint density at radius 1 is 1.29 bits per heavy atom. The molecule has 0 bridgehead atoms. The fourth-order valence-electron chi connectivity index (χ4n) is 1.91. The molecule has 7 nitrogen and oxygen atoms in total. The summed E-state index contributed by atoms with van der Waals surface area (Å²) in [5.41, 5.74) is -0.596. The first-order valence-electron chi connectivity index (χ1n) is 6.47. The van der Waals surface area contributed by atoms with Gasteiger partial charge in [0.1, 0.15) is 5.60 Å². The summed E-state index contributed by atoms with van der Waals surface area (Å²) in [5.74, 6) is -1.32. The van der Waals surface area contributed by atoms with Crippen molar-refractivity contribution in [3.05, 3.63) is 0 Å². The number of carbonyl (C=O) groups is 3. The molecule has 0 aromatic rings. The average Bonchev–Trinajstić information content (AvgIpc) is 2.28. The maximum absolute atomic E-state index is 11.9. The second-order valence-electron chi connectivity index (χ2n) is 5.95. The molecule has 0 radical (unpaired) electrons. The van der Waals surface area contributed by atoms with Gasteiger partial charge in [-0.25, -0.2) is 4.79 Å². The van der Waals surface area contributed by atoms with Crippen LogP contribution in [0, 0.1) is 0 Å². The van der Waals surface area contributed by atoms with Crippen molar-refractivity contribution in [2.75, 3.05) is 26.0 Å². The molecular formula is C13H21NO6S. The topological polar surface area (TPSA) is 93.1 Å². The summed E-state index contributed by atoms with van der Waals surface area (Å²) in [6.45, 7) is 5.79. The van der Waals surface area contributed by atoms with Gasteiger partial charge in [-0.15, -0.1) is 11.8 Å². The average molecular weight is 319 g/mol. The van der Waals surface area contributed by atoms with Crippen molar-refractivity contribution in [3.63, 3.8) is 0 Å². The first kappa shape index (κ1) is 17.6. The number of amides is 1. The van der Waals surface area contributed by atoms with Gasteiger partial charge in [-0.1, -0.05) is 0 Å². The number of carboxylic acid groups (broad SMARTS) is 1. The molecule has 0 atom stereocenters. The number of ether oxygens (including phenoxy) is 2. The Kier molecular flexibility index (Phi) is 5.49. The summed E-state index contributed by atoms with van der Waals surface area (Å²) in [6.07, 6.45) is -0.587. The Labute approximate surface area is 128 Å². The van der Waals surface area contributed by atoms with Crippen LogP contribution in [0.2, 0.25) is 0 Å². The minimum absolute atomic E-state index is 0.0614. The van der Waals surface area contributed by atoms with Crippen molar-refractivity contribution in [3.8, 4) is 0 Å². The van der Waals surface area contributed by atoms with E-state index in [9.17, 15) is 14.4 Å². The lowest BCUT2D eigenvalue weighted by molar-refractivity contribution is -0.139. The SMILES string of the molecule is COC(=O)CSC1(CC(=O)O)CN(C(=O)OC(C)(C)C)C1. The van der Waals surface area contributed by atoms with E-state index in [2.05, 4.69) is 4.74 Å². The number of rotatable bonds is 5. The smallest absolute Gasteiger partial charge is 0.410 e. The summed E-state index contributed by atoms with van der Waals surface area (Å²) in [4.78, 5) is 35.5. The number of carboxylic acids is 1. The fourth-order valence-corrected chi connectivity index (χ4v) is 3.17. The van der Waals surface area contributed by atoms with Crippen molar-refractivity contribution in [1.82, 2.24) is 4.90 Å². The first-order valence-corrected chi connectivity index (χ1v) is 7.46. The van der Waals surface area contributed by atoms with Gasteiger partial charge >= 0.3 is 18.0 Å². The van der Waals surface area contributed by atoms with Crippen molar-refractivity contribution in [2.24, 2.45) is 0 Å². The molecular weight excluding hydrogens is 298 g/mol. The third-order valence-corrected chi connectivity index (χ3v) is 4.20. The molecule has 1 rings (SSSR count). The second-order valence-corrected chi connectivity index (χ2v) is 7.40. The maximum atomic E-state index is 11.9. The van der Waals surface area contributed by atoms with Crippen LogP contribution < -0.4 is 0 Å². The molecule has 1 aliphatic rings. The van der Waals surface area contributed by atoms with Gasteiger partial charge in [0.2, 0.25) is 0 Å². The molecule has 120 valence electrons. The number of esters is 1. The second kappa shape index (κ2) is 6.55. The van der Waals surface area contributed by atoms with E-state index in [1.807, 2.05) is 0 Å². The zero-order valence-corrected chi connectivity index (χ0v) is 13.5.